The number of aromatic nitrogens is 1. The number of nitrogens with zero attached hydrogens (tertiary/aromatic N) is 1. The number of hydrogen-bond acceptors (Lipinski definition) is 0. The third-order valence-corrected chi connectivity index (χ3v) is 4.25. The van der Waals surface area contributed by atoms with Crippen LogP contribution in [-0.2, 0) is 13.5 Å². The highest BCUT2D eigenvalue weighted by atomic mass is 35.5. The average Bonchev–Trinajstić information content (AvgIpc) is 2.63. The Morgan fingerprint density at radius 2 is 2.24 bits per heavy atom. The van der Waals surface area contributed by atoms with Gasteiger partial charge in [0.2, 0.25) is 0 Å². The van der Waals surface area contributed by atoms with Crippen molar-refractivity contribution in [1.82, 2.24) is 4.57 Å². The summed E-state index contributed by atoms with van der Waals surface area (Å²) in [6, 6.07) is 6.85. The SMILES string of the molecule is C[NH2+]C1CCCc2c1n(C)c1ccc(Cl)cc21. The summed E-state index contributed by atoms with van der Waals surface area (Å²) in [6.45, 7) is 0. The molecule has 1 aromatic carbocycles. The summed E-state index contributed by atoms with van der Waals surface area (Å²) in [7, 11) is 4.35. The van der Waals surface area contributed by atoms with Gasteiger partial charge >= 0.3 is 0 Å². The van der Waals surface area contributed by atoms with Gasteiger partial charge < -0.3 is 9.88 Å². The number of benzene rings is 1. The molecule has 17 heavy (non-hydrogen) atoms. The van der Waals surface area contributed by atoms with Gasteiger partial charge in [-0.15, -0.1) is 0 Å². The van der Waals surface area contributed by atoms with Gasteiger partial charge in [0.25, 0.3) is 0 Å². The van der Waals surface area contributed by atoms with Crippen molar-refractivity contribution in [1.29, 1.82) is 0 Å². The van der Waals surface area contributed by atoms with Crippen molar-refractivity contribution in [2.75, 3.05) is 7.05 Å². The smallest absolute Gasteiger partial charge is 0.127 e. The molecule has 1 heterocycles. The molecule has 2 nitrogen and oxygen atoms in total. The van der Waals surface area contributed by atoms with Crippen molar-refractivity contribution in [2.45, 2.75) is 25.3 Å². The molecule has 0 spiro atoms. The summed E-state index contributed by atoms with van der Waals surface area (Å²) in [6.07, 6.45) is 3.76. The Morgan fingerprint density at radius 1 is 1.41 bits per heavy atom. The predicted molar refractivity (Wildman–Crippen MR) is 71.5 cm³/mol. The Kier molecular flexibility index (Phi) is 2.64. The molecule has 2 N–H and O–H groups in total. The van der Waals surface area contributed by atoms with E-state index in [0.29, 0.717) is 6.04 Å². The zero-order valence-corrected chi connectivity index (χ0v) is 11.1. The van der Waals surface area contributed by atoms with E-state index >= 15 is 0 Å². The number of quaternary nitrogens is 1. The summed E-state index contributed by atoms with van der Waals surface area (Å²) in [5, 5.41) is 4.52. The fourth-order valence-corrected chi connectivity index (χ4v) is 3.38. The van der Waals surface area contributed by atoms with Gasteiger partial charge in [0.1, 0.15) is 6.04 Å². The lowest BCUT2D eigenvalue weighted by molar-refractivity contribution is -0.672. The quantitative estimate of drug-likeness (QED) is 0.802. The molecule has 3 rings (SSSR count). The van der Waals surface area contributed by atoms with Crippen LogP contribution in [0.3, 0.4) is 0 Å². The fraction of sp³-hybridized carbons (Fsp3) is 0.429. The monoisotopic (exact) mass is 249 g/mol. The van der Waals surface area contributed by atoms with Gasteiger partial charge in [-0.25, -0.2) is 0 Å². The second-order valence-electron chi connectivity index (χ2n) is 4.92. The maximum absolute atomic E-state index is 6.12. The molecule has 0 amide bonds. The first-order valence-corrected chi connectivity index (χ1v) is 6.66. The Hall–Kier alpha value is -0.990. The molecular weight excluding hydrogens is 232 g/mol. The highest BCUT2D eigenvalue weighted by Gasteiger charge is 2.27. The predicted octanol–water partition coefficient (Wildman–Crippen LogP) is 2.40. The average molecular weight is 250 g/mol. The minimum absolute atomic E-state index is 0.606. The number of hydrogen-bond donors (Lipinski definition) is 1. The summed E-state index contributed by atoms with van der Waals surface area (Å²) in [4.78, 5) is 0. The van der Waals surface area contributed by atoms with Crippen molar-refractivity contribution in [2.24, 2.45) is 7.05 Å². The largest absolute Gasteiger partial charge is 0.342 e. The molecule has 2 aromatic rings. The van der Waals surface area contributed by atoms with E-state index < -0.39 is 0 Å². The molecule has 1 unspecified atom stereocenters. The molecule has 0 radical (unpaired) electrons. The molecule has 1 atom stereocenters. The molecule has 0 saturated carbocycles. The van der Waals surface area contributed by atoms with E-state index in [1.807, 2.05) is 6.07 Å². The second-order valence-corrected chi connectivity index (χ2v) is 5.35. The molecule has 0 fully saturated rings. The maximum Gasteiger partial charge on any atom is 0.127 e. The molecule has 1 aliphatic carbocycles. The van der Waals surface area contributed by atoms with Crippen LogP contribution >= 0.6 is 11.6 Å². The van der Waals surface area contributed by atoms with Crippen LogP contribution in [0.15, 0.2) is 18.2 Å². The van der Waals surface area contributed by atoms with E-state index in [1.54, 1.807) is 0 Å². The van der Waals surface area contributed by atoms with Gasteiger partial charge in [-0.2, -0.15) is 0 Å². The third kappa shape index (κ3) is 1.59. The zero-order valence-electron chi connectivity index (χ0n) is 10.3. The summed E-state index contributed by atoms with van der Waals surface area (Å²) < 4.78 is 2.35. The zero-order chi connectivity index (χ0) is 12.0. The molecule has 3 heteroatoms. The minimum Gasteiger partial charge on any atom is -0.342 e. The Labute approximate surface area is 107 Å². The first kappa shape index (κ1) is 11.1. The Morgan fingerprint density at radius 3 is 3.00 bits per heavy atom. The van der Waals surface area contributed by atoms with Crippen LogP contribution in [0.4, 0.5) is 0 Å². The van der Waals surface area contributed by atoms with Crippen LogP contribution in [0.5, 0.6) is 0 Å². The van der Waals surface area contributed by atoms with E-state index in [0.717, 1.165) is 5.02 Å². The summed E-state index contributed by atoms with van der Waals surface area (Å²) in [5.41, 5.74) is 4.32. The van der Waals surface area contributed by atoms with Crippen LogP contribution in [-0.4, -0.2) is 11.6 Å². The molecule has 0 saturated heterocycles. The number of rotatable bonds is 1. The first-order chi connectivity index (χ1) is 8.22. The summed E-state index contributed by atoms with van der Waals surface area (Å²) in [5.74, 6) is 0. The van der Waals surface area contributed by atoms with Crippen molar-refractivity contribution in [3.05, 3.63) is 34.5 Å². The number of fused-ring (bicyclic) bond motifs is 3. The van der Waals surface area contributed by atoms with Crippen LogP contribution in [0.2, 0.25) is 5.02 Å². The van der Waals surface area contributed by atoms with E-state index in [-0.39, 0.29) is 0 Å². The van der Waals surface area contributed by atoms with Gasteiger partial charge in [0.15, 0.2) is 0 Å². The minimum atomic E-state index is 0.606. The van der Waals surface area contributed by atoms with E-state index in [9.17, 15) is 0 Å². The maximum atomic E-state index is 6.12. The molecule has 0 bridgehead atoms. The van der Waals surface area contributed by atoms with Crippen LogP contribution in [0.1, 0.15) is 30.1 Å². The van der Waals surface area contributed by atoms with Crippen molar-refractivity contribution in [3.63, 3.8) is 0 Å². The number of nitrogens with two attached hydrogens (primary N) is 1. The van der Waals surface area contributed by atoms with E-state index in [1.165, 1.54) is 41.4 Å². The van der Waals surface area contributed by atoms with E-state index in [2.05, 4.69) is 36.1 Å². The standard InChI is InChI=1S/C14H17ClN2/c1-16-12-5-3-4-10-11-8-9(15)6-7-13(11)17(2)14(10)12/h6-8,12,16H,3-5H2,1-2H3/p+1. The van der Waals surface area contributed by atoms with Gasteiger partial charge in [0.05, 0.1) is 12.7 Å². The van der Waals surface area contributed by atoms with E-state index in [4.69, 9.17) is 11.6 Å². The van der Waals surface area contributed by atoms with Crippen LogP contribution in [0.25, 0.3) is 10.9 Å². The van der Waals surface area contributed by atoms with Gasteiger partial charge in [0, 0.05) is 29.4 Å². The van der Waals surface area contributed by atoms with Gasteiger partial charge in [-0.1, -0.05) is 11.6 Å². The number of aryl methyl sites for hydroxylation is 2. The topological polar surface area (TPSA) is 21.5 Å². The summed E-state index contributed by atoms with van der Waals surface area (Å²) >= 11 is 6.12. The third-order valence-electron chi connectivity index (χ3n) is 4.01. The lowest BCUT2D eigenvalue weighted by Crippen LogP contribution is -2.81. The lowest BCUT2D eigenvalue weighted by atomic mass is 9.92. The molecule has 1 aliphatic rings. The highest BCUT2D eigenvalue weighted by molar-refractivity contribution is 6.31. The Bertz CT molecular complexity index is 571. The van der Waals surface area contributed by atoms with Crippen molar-refractivity contribution >= 4 is 22.5 Å². The Balaban J connectivity index is 2.33. The molecule has 0 aliphatic heterocycles. The van der Waals surface area contributed by atoms with Crippen LogP contribution < -0.4 is 5.32 Å². The van der Waals surface area contributed by atoms with Gasteiger partial charge in [-0.05, 0) is 36.6 Å². The number of halogens is 1. The van der Waals surface area contributed by atoms with Gasteiger partial charge in [-0.3, -0.25) is 0 Å². The first-order valence-electron chi connectivity index (χ1n) is 6.28. The molecular formula is C14H18ClN2+. The van der Waals surface area contributed by atoms with Crippen molar-refractivity contribution in [3.8, 4) is 0 Å². The highest BCUT2D eigenvalue weighted by Crippen LogP contribution is 2.36. The fourth-order valence-electron chi connectivity index (χ4n) is 3.21. The van der Waals surface area contributed by atoms with Crippen molar-refractivity contribution < 1.29 is 5.32 Å². The molecule has 1 aromatic heterocycles. The molecule has 90 valence electrons. The lowest BCUT2D eigenvalue weighted by Gasteiger charge is -2.21. The normalized spacial score (nSPS) is 19.6. The van der Waals surface area contributed by atoms with Crippen LogP contribution in [0, 0.1) is 0 Å². The second kappa shape index (κ2) is 4.04.